The molecule has 2 unspecified atom stereocenters. The van der Waals surface area contributed by atoms with Crippen molar-refractivity contribution in [2.45, 2.75) is 103 Å². The Bertz CT molecular complexity index is 831. The van der Waals surface area contributed by atoms with Gasteiger partial charge in [0.15, 0.2) is 0 Å². The Morgan fingerprint density at radius 2 is 1.38 bits per heavy atom. The van der Waals surface area contributed by atoms with E-state index in [0.717, 1.165) is 17.7 Å². The maximum atomic E-state index is 13.4. The van der Waals surface area contributed by atoms with Crippen LogP contribution in [0.3, 0.4) is 0 Å². The van der Waals surface area contributed by atoms with Gasteiger partial charge < -0.3 is 20.9 Å². The van der Waals surface area contributed by atoms with Crippen LogP contribution in [-0.4, -0.2) is 58.2 Å². The highest BCUT2D eigenvalue weighted by molar-refractivity contribution is 6.18. The number of imide groups is 1. The first-order valence-electron chi connectivity index (χ1n) is 12.3. The minimum absolute atomic E-state index is 0.0164. The largest absolute Gasteiger partial charge is 0.321 e. The molecule has 4 N–H and O–H groups in total. The van der Waals surface area contributed by atoms with E-state index in [4.69, 9.17) is 0 Å². The summed E-state index contributed by atoms with van der Waals surface area (Å²) in [5.74, 6) is -4.17. The van der Waals surface area contributed by atoms with Crippen molar-refractivity contribution in [1.29, 1.82) is 0 Å². The molecule has 2 fully saturated rings. The van der Waals surface area contributed by atoms with Crippen LogP contribution in [0.15, 0.2) is 0 Å². The molecule has 0 bridgehead atoms. The maximum Gasteiger partial charge on any atom is 0.278 e. The second-order valence-electron chi connectivity index (χ2n) is 8.85. The van der Waals surface area contributed by atoms with Crippen molar-refractivity contribution < 1.29 is 28.8 Å². The Labute approximate surface area is 200 Å². The SMILES string of the molecule is CCCCCC(=O)NC1(N2CCCC2=O)C(=O)NC(=O)C1(NC(=O)CCC)NC(=O)CCCC. The molecule has 0 saturated carbocycles. The molecule has 0 aromatic heterocycles. The fourth-order valence-electron chi connectivity index (χ4n) is 4.40. The third kappa shape index (κ3) is 5.39. The van der Waals surface area contributed by atoms with Crippen molar-refractivity contribution >= 4 is 35.4 Å². The lowest BCUT2D eigenvalue weighted by atomic mass is 9.90. The molecule has 2 aliphatic heterocycles. The molecule has 0 spiro atoms. The maximum absolute atomic E-state index is 13.4. The Hall–Kier alpha value is -2.98. The average molecular weight is 480 g/mol. The van der Waals surface area contributed by atoms with Crippen molar-refractivity contribution in [1.82, 2.24) is 26.2 Å². The van der Waals surface area contributed by atoms with Crippen LogP contribution in [0.4, 0.5) is 0 Å². The van der Waals surface area contributed by atoms with Crippen molar-refractivity contribution in [2.75, 3.05) is 6.54 Å². The second-order valence-corrected chi connectivity index (χ2v) is 8.85. The van der Waals surface area contributed by atoms with E-state index in [0.29, 0.717) is 32.1 Å². The number of likely N-dealkylation sites (tertiary alicyclic amines) is 1. The molecule has 34 heavy (non-hydrogen) atoms. The molecule has 0 radical (unpaired) electrons. The fourth-order valence-corrected chi connectivity index (χ4v) is 4.40. The first-order chi connectivity index (χ1) is 16.2. The Morgan fingerprint density at radius 3 is 1.94 bits per heavy atom. The van der Waals surface area contributed by atoms with E-state index >= 15 is 0 Å². The van der Waals surface area contributed by atoms with Crippen LogP contribution in [0, 0.1) is 0 Å². The van der Waals surface area contributed by atoms with Crippen molar-refractivity contribution in [3.8, 4) is 0 Å². The van der Waals surface area contributed by atoms with Gasteiger partial charge in [0.1, 0.15) is 0 Å². The number of unbranched alkanes of at least 4 members (excludes halogenated alkanes) is 3. The van der Waals surface area contributed by atoms with Gasteiger partial charge in [0.2, 0.25) is 35.0 Å². The van der Waals surface area contributed by atoms with E-state index in [1.807, 2.05) is 13.8 Å². The van der Waals surface area contributed by atoms with Crippen LogP contribution in [0.25, 0.3) is 0 Å². The smallest absolute Gasteiger partial charge is 0.278 e. The number of hydrogen-bond acceptors (Lipinski definition) is 6. The number of hydrogen-bond donors (Lipinski definition) is 4. The Kier molecular flexibility index (Phi) is 9.57. The molecule has 2 atom stereocenters. The van der Waals surface area contributed by atoms with Gasteiger partial charge in [-0.05, 0) is 25.7 Å². The summed E-state index contributed by atoms with van der Waals surface area (Å²) in [6, 6.07) is 0. The minimum Gasteiger partial charge on any atom is -0.321 e. The van der Waals surface area contributed by atoms with E-state index in [1.54, 1.807) is 6.92 Å². The van der Waals surface area contributed by atoms with Gasteiger partial charge in [-0.1, -0.05) is 40.0 Å². The number of carbonyl (C=O) groups excluding carboxylic acids is 6. The highest BCUT2D eigenvalue weighted by atomic mass is 16.2. The topological polar surface area (TPSA) is 154 Å². The molecule has 0 aliphatic carbocycles. The minimum atomic E-state index is -2.37. The zero-order valence-corrected chi connectivity index (χ0v) is 20.4. The third-order valence-corrected chi connectivity index (χ3v) is 6.13. The molecule has 11 nitrogen and oxygen atoms in total. The van der Waals surface area contributed by atoms with Gasteiger partial charge in [0, 0.05) is 32.2 Å². The van der Waals surface area contributed by atoms with Crippen LogP contribution in [0.2, 0.25) is 0 Å². The van der Waals surface area contributed by atoms with E-state index in [1.165, 1.54) is 0 Å². The van der Waals surface area contributed by atoms with Crippen LogP contribution in [0.1, 0.15) is 91.4 Å². The number of rotatable bonds is 13. The second kappa shape index (κ2) is 11.9. The summed E-state index contributed by atoms with van der Waals surface area (Å²) in [7, 11) is 0. The predicted molar refractivity (Wildman–Crippen MR) is 123 cm³/mol. The van der Waals surface area contributed by atoms with Gasteiger partial charge in [0.25, 0.3) is 11.8 Å². The number of nitrogens with one attached hydrogen (secondary N) is 4. The van der Waals surface area contributed by atoms with Gasteiger partial charge in [0.05, 0.1) is 0 Å². The Balaban J connectivity index is 2.63. The first kappa shape index (κ1) is 27.3. The molecular weight excluding hydrogens is 442 g/mol. The van der Waals surface area contributed by atoms with Crippen molar-refractivity contribution in [3.63, 3.8) is 0 Å². The van der Waals surface area contributed by atoms with E-state index in [-0.39, 0.29) is 32.2 Å². The van der Waals surface area contributed by atoms with Crippen LogP contribution in [0.5, 0.6) is 0 Å². The lowest BCUT2D eigenvalue weighted by Crippen LogP contribution is -2.84. The molecule has 2 heterocycles. The van der Waals surface area contributed by atoms with Crippen molar-refractivity contribution in [2.24, 2.45) is 0 Å². The number of nitrogens with zero attached hydrogens (tertiary/aromatic N) is 1. The normalized spacial score (nSPS) is 24.2. The van der Waals surface area contributed by atoms with E-state index in [9.17, 15) is 28.8 Å². The summed E-state index contributed by atoms with van der Waals surface area (Å²) in [5, 5.41) is 9.84. The lowest BCUT2D eigenvalue weighted by molar-refractivity contribution is -0.159. The standard InChI is InChI=1S/C23H37N5O6/c1-4-7-9-13-18(31)27-23(28-15-10-14-19(28)32)21(34)24-20(33)22(23,25-16(29)11-6-3)26-17(30)12-8-5-2/h4-15H2,1-3H3,(H,25,29)(H,26,30)(H,27,31)(H,24,33,34). The summed E-state index contributed by atoms with van der Waals surface area (Å²) in [6.45, 7) is 5.71. The number of amides is 6. The van der Waals surface area contributed by atoms with Crippen LogP contribution >= 0.6 is 0 Å². The lowest BCUT2D eigenvalue weighted by Gasteiger charge is -2.47. The molecule has 0 aromatic carbocycles. The molecule has 6 amide bonds. The monoisotopic (exact) mass is 479 g/mol. The third-order valence-electron chi connectivity index (χ3n) is 6.13. The van der Waals surface area contributed by atoms with Gasteiger partial charge in [-0.3, -0.25) is 34.1 Å². The van der Waals surface area contributed by atoms with Crippen molar-refractivity contribution in [3.05, 3.63) is 0 Å². The quantitative estimate of drug-likeness (QED) is 0.172. The zero-order chi connectivity index (χ0) is 25.4. The van der Waals surface area contributed by atoms with Gasteiger partial charge in [-0.2, -0.15) is 0 Å². The molecule has 11 heteroatoms. The molecule has 2 saturated heterocycles. The highest BCUT2D eigenvalue weighted by Crippen LogP contribution is 2.35. The average Bonchev–Trinajstić information content (AvgIpc) is 3.28. The zero-order valence-electron chi connectivity index (χ0n) is 20.4. The molecule has 2 aliphatic rings. The first-order valence-corrected chi connectivity index (χ1v) is 12.3. The Morgan fingerprint density at radius 1 is 0.794 bits per heavy atom. The summed E-state index contributed by atoms with van der Waals surface area (Å²) in [6.07, 6.45) is 4.47. The van der Waals surface area contributed by atoms with Gasteiger partial charge in [-0.25, -0.2) is 0 Å². The van der Waals surface area contributed by atoms with Gasteiger partial charge in [-0.15, -0.1) is 0 Å². The number of carbonyl (C=O) groups is 6. The van der Waals surface area contributed by atoms with Crippen LogP contribution < -0.4 is 21.3 Å². The fraction of sp³-hybridized carbons (Fsp3) is 0.739. The van der Waals surface area contributed by atoms with Gasteiger partial charge >= 0.3 is 0 Å². The molecular formula is C23H37N5O6. The van der Waals surface area contributed by atoms with E-state index < -0.39 is 46.8 Å². The summed E-state index contributed by atoms with van der Waals surface area (Å²) >= 11 is 0. The molecule has 190 valence electrons. The predicted octanol–water partition coefficient (Wildman–Crippen LogP) is 0.577. The highest BCUT2D eigenvalue weighted by Gasteiger charge is 2.73. The molecule has 2 rings (SSSR count). The molecule has 0 aromatic rings. The van der Waals surface area contributed by atoms with E-state index in [2.05, 4.69) is 21.3 Å². The summed E-state index contributed by atoms with van der Waals surface area (Å²) in [5.41, 5.74) is -4.69. The summed E-state index contributed by atoms with van der Waals surface area (Å²) < 4.78 is 0. The summed E-state index contributed by atoms with van der Waals surface area (Å²) in [4.78, 5) is 79.3. The van der Waals surface area contributed by atoms with Crippen LogP contribution in [-0.2, 0) is 28.8 Å².